The second-order valence-electron chi connectivity index (χ2n) is 7.99. The third kappa shape index (κ3) is 3.63. The average molecular weight is 484 g/mol. The number of carbonyl (C=O) groups excluding carboxylic acids is 2. The number of alkyl halides is 3. The molecule has 4 aromatic rings. The van der Waals surface area contributed by atoms with Crippen LogP contribution in [0.25, 0.3) is 22.2 Å². The van der Waals surface area contributed by atoms with Gasteiger partial charge in [-0.2, -0.15) is 9.78 Å². The molecule has 12 heteroatoms. The van der Waals surface area contributed by atoms with Gasteiger partial charge in [0.2, 0.25) is 0 Å². The Hall–Kier alpha value is -4.48. The van der Waals surface area contributed by atoms with Crippen LogP contribution in [0.5, 0.6) is 0 Å². The number of nitrogens with one attached hydrogen (secondary N) is 1. The van der Waals surface area contributed by atoms with E-state index in [1.54, 1.807) is 18.2 Å². The summed E-state index contributed by atoms with van der Waals surface area (Å²) in [5, 5.41) is 3.26. The summed E-state index contributed by atoms with van der Waals surface area (Å²) in [7, 11) is 0. The summed E-state index contributed by atoms with van der Waals surface area (Å²) in [5.41, 5.74) is 7.59. The average Bonchev–Trinajstić information content (AvgIpc) is 3.51. The van der Waals surface area contributed by atoms with Crippen molar-refractivity contribution < 1.29 is 27.2 Å². The number of hydrogen-bond acceptors (Lipinski definition) is 5. The topological polar surface area (TPSA) is 110 Å². The molecule has 35 heavy (non-hydrogen) atoms. The van der Waals surface area contributed by atoms with Crippen molar-refractivity contribution in [3.05, 3.63) is 77.8 Å². The molecule has 3 N–H and O–H groups in total. The van der Waals surface area contributed by atoms with Gasteiger partial charge in [-0.3, -0.25) is 14.5 Å². The van der Waals surface area contributed by atoms with Gasteiger partial charge in [0.1, 0.15) is 5.82 Å². The first-order valence-electron chi connectivity index (χ1n) is 10.2. The van der Waals surface area contributed by atoms with Crippen LogP contribution in [0.1, 0.15) is 18.5 Å². The van der Waals surface area contributed by atoms with Crippen molar-refractivity contribution in [2.45, 2.75) is 19.3 Å². The number of aromatic nitrogens is 4. The molecule has 1 saturated heterocycles. The number of aromatic amines is 1. The Labute approximate surface area is 194 Å². The molecule has 2 aromatic carbocycles. The summed E-state index contributed by atoms with van der Waals surface area (Å²) in [6.07, 6.45) is -1.54. The number of nitrogens with two attached hydrogens (primary N) is 1. The molecule has 1 atom stereocenters. The molecule has 5 rings (SSSR count). The summed E-state index contributed by atoms with van der Waals surface area (Å²) in [6.45, 7) is 1.44. The van der Waals surface area contributed by atoms with E-state index in [1.165, 1.54) is 25.4 Å². The van der Waals surface area contributed by atoms with Crippen molar-refractivity contribution in [1.29, 1.82) is 0 Å². The molecule has 0 bridgehead atoms. The Balaban J connectivity index is 1.62. The molecule has 1 aliphatic heterocycles. The first-order valence-corrected chi connectivity index (χ1v) is 10.2. The fourth-order valence-corrected chi connectivity index (χ4v) is 4.16. The molecule has 8 nitrogen and oxygen atoms in total. The largest absolute Gasteiger partial charge is 0.504 e. The Morgan fingerprint density at radius 1 is 1.11 bits per heavy atom. The van der Waals surface area contributed by atoms with Crippen LogP contribution in [0.3, 0.4) is 0 Å². The van der Waals surface area contributed by atoms with Crippen molar-refractivity contribution >= 4 is 28.4 Å². The van der Waals surface area contributed by atoms with Crippen LogP contribution in [0.4, 0.5) is 23.2 Å². The number of nitrogens with zero attached hydrogens (tertiary/aromatic N) is 4. The zero-order chi connectivity index (χ0) is 25.1. The number of allylic oxidation sites excluding steroid dienone is 1. The van der Waals surface area contributed by atoms with E-state index in [4.69, 9.17) is 5.73 Å². The van der Waals surface area contributed by atoms with Gasteiger partial charge >= 0.3 is 6.30 Å². The van der Waals surface area contributed by atoms with E-state index < -0.39 is 29.8 Å². The van der Waals surface area contributed by atoms with Crippen molar-refractivity contribution in [1.82, 2.24) is 19.7 Å². The lowest BCUT2D eigenvalue weighted by Gasteiger charge is -2.26. The summed E-state index contributed by atoms with van der Waals surface area (Å²) in [4.78, 5) is 34.0. The normalized spacial score (nSPS) is 18.1. The number of ketones is 1. The predicted octanol–water partition coefficient (Wildman–Crippen LogP) is 3.93. The second-order valence-corrected chi connectivity index (χ2v) is 7.99. The highest BCUT2D eigenvalue weighted by Gasteiger charge is 2.46. The maximum atomic E-state index is 15.4. The molecule has 0 radical (unpaired) electrons. The van der Waals surface area contributed by atoms with Crippen LogP contribution in [0.15, 0.2) is 66.4 Å². The van der Waals surface area contributed by atoms with Crippen LogP contribution in [0, 0.1) is 5.82 Å². The van der Waals surface area contributed by atoms with Crippen LogP contribution >= 0.6 is 0 Å². The van der Waals surface area contributed by atoms with E-state index in [1.807, 2.05) is 0 Å². The summed E-state index contributed by atoms with van der Waals surface area (Å²) in [6, 6.07) is 7.39. The monoisotopic (exact) mass is 484 g/mol. The lowest BCUT2D eigenvalue weighted by atomic mass is 9.95. The van der Waals surface area contributed by atoms with Gasteiger partial charge in [0.25, 0.3) is 11.7 Å². The van der Waals surface area contributed by atoms with E-state index in [0.717, 1.165) is 23.4 Å². The molecular formula is C23H16F4N6O2. The first kappa shape index (κ1) is 22.3. The number of halogens is 4. The van der Waals surface area contributed by atoms with Gasteiger partial charge < -0.3 is 10.7 Å². The molecule has 0 aliphatic carbocycles. The number of H-pyrrole nitrogens is 1. The number of amides is 1. The van der Waals surface area contributed by atoms with E-state index in [9.17, 15) is 22.8 Å². The fourth-order valence-electron chi connectivity index (χ4n) is 4.16. The van der Waals surface area contributed by atoms with E-state index in [2.05, 4.69) is 15.1 Å². The summed E-state index contributed by atoms with van der Waals surface area (Å²) < 4.78 is 53.9. The molecule has 1 amide bonds. The standard InChI is InChI=1S/C23H16F4N6O2/c1-11(28)19-20(33(22(35)21(19)34)14-3-5-17-18(7-14)30-10-29-17)15-4-2-12(6-16(15)24)13-8-31-32(9-13)23(25,26)27/h2-10,20H,28H2,1H3,(H,29,30). The zero-order valence-corrected chi connectivity index (χ0v) is 18.0. The third-order valence-electron chi connectivity index (χ3n) is 5.77. The molecule has 2 aromatic heterocycles. The number of rotatable bonds is 3. The van der Waals surface area contributed by atoms with Crippen LogP contribution in [-0.2, 0) is 15.9 Å². The van der Waals surface area contributed by atoms with Gasteiger partial charge in [-0.25, -0.2) is 9.37 Å². The minimum atomic E-state index is -4.71. The highest BCUT2D eigenvalue weighted by atomic mass is 19.4. The van der Waals surface area contributed by atoms with Crippen molar-refractivity contribution in [3.8, 4) is 11.1 Å². The Morgan fingerprint density at radius 2 is 1.89 bits per heavy atom. The maximum absolute atomic E-state index is 15.4. The maximum Gasteiger partial charge on any atom is 0.504 e. The highest BCUT2D eigenvalue weighted by Crippen LogP contribution is 2.42. The van der Waals surface area contributed by atoms with E-state index in [-0.39, 0.29) is 32.6 Å². The third-order valence-corrected chi connectivity index (χ3v) is 5.77. The number of hydrogen-bond donors (Lipinski definition) is 2. The van der Waals surface area contributed by atoms with Crippen molar-refractivity contribution in [3.63, 3.8) is 0 Å². The Bertz CT molecular complexity index is 1530. The smallest absolute Gasteiger partial charge is 0.402 e. The highest BCUT2D eigenvalue weighted by molar-refractivity contribution is 6.50. The van der Waals surface area contributed by atoms with Crippen molar-refractivity contribution in [2.75, 3.05) is 4.90 Å². The molecule has 178 valence electrons. The molecule has 3 heterocycles. The number of imidazole rings is 1. The van der Waals surface area contributed by atoms with Crippen molar-refractivity contribution in [2.24, 2.45) is 5.73 Å². The lowest BCUT2D eigenvalue weighted by Crippen LogP contribution is -2.29. The number of benzene rings is 2. The van der Waals surface area contributed by atoms with E-state index >= 15 is 4.39 Å². The Morgan fingerprint density at radius 3 is 2.54 bits per heavy atom. The predicted molar refractivity (Wildman–Crippen MR) is 117 cm³/mol. The van der Waals surface area contributed by atoms with Gasteiger partial charge in [0.05, 0.1) is 35.2 Å². The minimum Gasteiger partial charge on any atom is -0.402 e. The van der Waals surface area contributed by atoms with Crippen LogP contribution in [-0.4, -0.2) is 31.4 Å². The molecule has 1 unspecified atom stereocenters. The molecular weight excluding hydrogens is 468 g/mol. The quantitative estimate of drug-likeness (QED) is 0.260. The SMILES string of the molecule is CC(N)=C1C(=O)C(=O)N(c2ccc3nc[nH]c3c2)C1c1ccc(-c2cnn(C(F)(F)F)c2)cc1F. The number of anilines is 1. The molecule has 0 spiro atoms. The number of carbonyl (C=O) groups is 2. The van der Waals surface area contributed by atoms with E-state index in [0.29, 0.717) is 16.7 Å². The van der Waals surface area contributed by atoms with Crippen LogP contribution in [0.2, 0.25) is 0 Å². The van der Waals surface area contributed by atoms with Gasteiger partial charge in [-0.05, 0) is 36.8 Å². The zero-order valence-electron chi connectivity index (χ0n) is 18.0. The van der Waals surface area contributed by atoms with Gasteiger partial charge in [0, 0.05) is 28.7 Å². The second kappa shape index (κ2) is 7.79. The lowest BCUT2D eigenvalue weighted by molar-refractivity contribution is -0.212. The van der Waals surface area contributed by atoms with Gasteiger partial charge in [-0.1, -0.05) is 12.1 Å². The first-order chi connectivity index (χ1) is 16.6. The molecule has 1 aliphatic rings. The molecule has 1 fully saturated rings. The Kier molecular flexibility index (Phi) is 4.97. The van der Waals surface area contributed by atoms with Gasteiger partial charge in [0.15, 0.2) is 0 Å². The number of Topliss-reactive ketones (excluding diaryl/α,β-unsaturated/α-hetero) is 1. The minimum absolute atomic E-state index is 0.0404. The summed E-state index contributed by atoms with van der Waals surface area (Å²) in [5.74, 6) is -2.58. The number of fused-ring (bicyclic) bond motifs is 1. The molecule has 0 saturated carbocycles. The van der Waals surface area contributed by atoms with Crippen LogP contribution < -0.4 is 10.6 Å². The summed E-state index contributed by atoms with van der Waals surface area (Å²) >= 11 is 0. The van der Waals surface area contributed by atoms with Gasteiger partial charge in [-0.15, -0.1) is 13.2 Å². The fraction of sp³-hybridized carbons (Fsp3) is 0.130.